The minimum absolute atomic E-state index is 0.0314. The Morgan fingerprint density at radius 2 is 1.72 bits per heavy atom. The number of hydrogen-bond acceptors (Lipinski definition) is 5. The lowest BCUT2D eigenvalue weighted by Gasteiger charge is -2.28. The molecule has 2 aliphatic rings. The number of carbonyl (C=O) groups is 2. The van der Waals surface area contributed by atoms with E-state index in [-0.39, 0.29) is 23.1 Å². The molecule has 1 aromatic rings. The predicted octanol–water partition coefficient (Wildman–Crippen LogP) is 1.30. The molecule has 2 fully saturated rings. The summed E-state index contributed by atoms with van der Waals surface area (Å²) in [5.74, 6) is -3.39. The summed E-state index contributed by atoms with van der Waals surface area (Å²) in [7, 11) is -3.15. The predicted molar refractivity (Wildman–Crippen MR) is 83.6 cm³/mol. The summed E-state index contributed by atoms with van der Waals surface area (Å²) in [6, 6.07) is 1.82. The fraction of sp³-hybridized carbons (Fsp3) is 0.500. The lowest BCUT2D eigenvalue weighted by atomic mass is 10.2. The van der Waals surface area contributed by atoms with Crippen molar-refractivity contribution in [2.45, 2.75) is 31.3 Å². The molecule has 0 radical (unpaired) electrons. The second-order valence-corrected chi connectivity index (χ2v) is 8.55. The Labute approximate surface area is 143 Å². The quantitative estimate of drug-likeness (QED) is 0.727. The van der Waals surface area contributed by atoms with Gasteiger partial charge in [0.2, 0.25) is 0 Å². The van der Waals surface area contributed by atoms with Gasteiger partial charge in [0, 0.05) is 18.2 Å². The minimum Gasteiger partial charge on any atom is -0.452 e. The summed E-state index contributed by atoms with van der Waals surface area (Å²) in [5.41, 5.74) is -0.327. The van der Waals surface area contributed by atoms with Gasteiger partial charge in [-0.05, 0) is 31.4 Å². The number of halogens is 2. The van der Waals surface area contributed by atoms with Crippen LogP contribution in [0.5, 0.6) is 0 Å². The van der Waals surface area contributed by atoms with Crippen LogP contribution in [-0.2, 0) is 19.4 Å². The zero-order chi connectivity index (χ0) is 18.2. The van der Waals surface area contributed by atoms with Crippen LogP contribution in [0, 0.1) is 11.6 Å². The highest BCUT2D eigenvalue weighted by molar-refractivity contribution is 7.91. The highest BCUT2D eigenvalue weighted by Gasteiger charge is 2.42. The van der Waals surface area contributed by atoms with Gasteiger partial charge < -0.3 is 9.64 Å². The Morgan fingerprint density at radius 3 is 2.24 bits per heavy atom. The van der Waals surface area contributed by atoms with Crippen LogP contribution in [0.3, 0.4) is 0 Å². The molecule has 0 unspecified atom stereocenters. The van der Waals surface area contributed by atoms with Crippen LogP contribution in [0.4, 0.5) is 8.78 Å². The Morgan fingerprint density at radius 1 is 1.08 bits per heavy atom. The van der Waals surface area contributed by atoms with Gasteiger partial charge in [-0.3, -0.25) is 4.79 Å². The van der Waals surface area contributed by atoms with Crippen molar-refractivity contribution >= 4 is 21.7 Å². The summed E-state index contributed by atoms with van der Waals surface area (Å²) in [6.45, 7) is -0.593. The van der Waals surface area contributed by atoms with Crippen molar-refractivity contribution in [1.82, 2.24) is 4.90 Å². The number of amides is 1. The summed E-state index contributed by atoms with van der Waals surface area (Å²) in [4.78, 5) is 25.8. The number of ether oxygens (including phenoxy) is 1. The maximum absolute atomic E-state index is 13.1. The Hall–Kier alpha value is -2.03. The topological polar surface area (TPSA) is 80.8 Å². The number of esters is 1. The largest absolute Gasteiger partial charge is 0.452 e. The molecular formula is C16H17F2NO5S. The lowest BCUT2D eigenvalue weighted by Crippen LogP contribution is -2.44. The van der Waals surface area contributed by atoms with Gasteiger partial charge in [-0.15, -0.1) is 0 Å². The molecule has 1 aromatic carbocycles. The van der Waals surface area contributed by atoms with Crippen molar-refractivity contribution in [2.75, 3.05) is 18.1 Å². The Balaban J connectivity index is 1.63. The smallest absolute Gasteiger partial charge is 0.338 e. The second kappa shape index (κ2) is 6.70. The molecule has 1 saturated heterocycles. The monoisotopic (exact) mass is 373 g/mol. The van der Waals surface area contributed by atoms with Crippen LogP contribution in [-0.4, -0.2) is 55.4 Å². The molecule has 1 amide bonds. The number of nitrogens with zero attached hydrogens (tertiary/aromatic N) is 1. The third kappa shape index (κ3) is 4.33. The second-order valence-electron chi connectivity index (χ2n) is 6.32. The maximum atomic E-state index is 13.1. The fourth-order valence-corrected chi connectivity index (χ4v) is 4.72. The van der Waals surface area contributed by atoms with E-state index in [1.54, 1.807) is 0 Å². The van der Waals surface area contributed by atoms with Gasteiger partial charge in [0.1, 0.15) is 11.6 Å². The van der Waals surface area contributed by atoms with E-state index in [2.05, 4.69) is 0 Å². The van der Waals surface area contributed by atoms with Crippen molar-refractivity contribution in [3.05, 3.63) is 35.4 Å². The first-order chi connectivity index (χ1) is 11.7. The maximum Gasteiger partial charge on any atom is 0.338 e. The van der Waals surface area contributed by atoms with E-state index >= 15 is 0 Å². The van der Waals surface area contributed by atoms with Gasteiger partial charge in [-0.1, -0.05) is 0 Å². The van der Waals surface area contributed by atoms with E-state index in [9.17, 15) is 26.8 Å². The van der Waals surface area contributed by atoms with Crippen molar-refractivity contribution in [3.63, 3.8) is 0 Å². The van der Waals surface area contributed by atoms with Crippen molar-refractivity contribution in [2.24, 2.45) is 0 Å². The molecular weight excluding hydrogens is 356 g/mol. The molecule has 6 nitrogen and oxygen atoms in total. The molecule has 25 heavy (non-hydrogen) atoms. The van der Waals surface area contributed by atoms with Gasteiger partial charge in [0.15, 0.2) is 16.4 Å². The fourth-order valence-electron chi connectivity index (χ4n) is 3.01. The van der Waals surface area contributed by atoms with E-state index in [1.165, 1.54) is 4.90 Å². The standard InChI is InChI=1S/C16H17F2NO5S/c17-11-5-10(6-12(18)7-11)16(21)24-8-15(20)19(13-1-2-13)14-3-4-25(22,23)9-14/h5-7,13-14H,1-4,8-9H2/t14-/m1/s1. The normalized spacial score (nSPS) is 21.8. The summed E-state index contributed by atoms with van der Waals surface area (Å²) in [6.07, 6.45) is 1.93. The van der Waals surface area contributed by atoms with Gasteiger partial charge in [0.05, 0.1) is 17.1 Å². The van der Waals surface area contributed by atoms with Crippen LogP contribution in [0.25, 0.3) is 0 Å². The minimum atomic E-state index is -3.15. The first-order valence-electron chi connectivity index (χ1n) is 7.90. The van der Waals surface area contributed by atoms with E-state index in [1.807, 2.05) is 0 Å². The van der Waals surface area contributed by atoms with Crippen LogP contribution >= 0.6 is 0 Å². The third-order valence-corrected chi connectivity index (χ3v) is 6.01. The molecule has 0 aromatic heterocycles. The summed E-state index contributed by atoms with van der Waals surface area (Å²) >= 11 is 0. The van der Waals surface area contributed by atoms with Crippen molar-refractivity contribution in [1.29, 1.82) is 0 Å². The SMILES string of the molecule is O=C(OCC(=O)N(C1CC1)[C@@H]1CCS(=O)(=O)C1)c1cc(F)cc(F)c1. The molecule has 3 rings (SSSR count). The van der Waals surface area contributed by atoms with E-state index in [0.717, 1.165) is 25.0 Å². The lowest BCUT2D eigenvalue weighted by molar-refractivity contribution is -0.137. The highest BCUT2D eigenvalue weighted by Crippen LogP contribution is 2.32. The number of carbonyl (C=O) groups excluding carboxylic acids is 2. The van der Waals surface area contributed by atoms with E-state index in [4.69, 9.17) is 4.74 Å². The van der Waals surface area contributed by atoms with Crippen molar-refractivity contribution in [3.8, 4) is 0 Å². The van der Waals surface area contributed by atoms with Crippen LogP contribution < -0.4 is 0 Å². The van der Waals surface area contributed by atoms with Gasteiger partial charge >= 0.3 is 5.97 Å². The molecule has 1 aliphatic carbocycles. The zero-order valence-corrected chi connectivity index (χ0v) is 14.1. The first-order valence-corrected chi connectivity index (χ1v) is 9.72. The number of hydrogen-bond donors (Lipinski definition) is 0. The van der Waals surface area contributed by atoms with Gasteiger partial charge in [0.25, 0.3) is 5.91 Å². The van der Waals surface area contributed by atoms with Crippen LogP contribution in [0.1, 0.15) is 29.6 Å². The number of benzene rings is 1. The average molecular weight is 373 g/mol. The van der Waals surface area contributed by atoms with Crippen LogP contribution in [0.15, 0.2) is 18.2 Å². The molecule has 136 valence electrons. The first kappa shape index (κ1) is 17.8. The third-order valence-electron chi connectivity index (χ3n) is 4.26. The number of rotatable bonds is 5. The Kier molecular flexibility index (Phi) is 4.77. The molecule has 1 aliphatic heterocycles. The van der Waals surface area contributed by atoms with Gasteiger partial charge in [-0.2, -0.15) is 0 Å². The van der Waals surface area contributed by atoms with Crippen molar-refractivity contribution < 1.29 is 31.5 Å². The molecule has 1 heterocycles. The van der Waals surface area contributed by atoms with E-state index in [0.29, 0.717) is 12.5 Å². The molecule has 9 heteroatoms. The summed E-state index contributed by atoms with van der Waals surface area (Å²) in [5, 5.41) is 0. The Bertz CT molecular complexity index is 786. The molecule has 1 atom stereocenters. The van der Waals surface area contributed by atoms with E-state index < -0.39 is 46.0 Å². The molecule has 0 spiro atoms. The molecule has 0 N–H and O–H groups in total. The molecule has 1 saturated carbocycles. The summed E-state index contributed by atoms with van der Waals surface area (Å²) < 4.78 is 54.4. The zero-order valence-electron chi connectivity index (χ0n) is 13.3. The number of sulfone groups is 1. The average Bonchev–Trinajstić information content (AvgIpc) is 3.27. The van der Waals surface area contributed by atoms with Crippen LogP contribution in [0.2, 0.25) is 0 Å². The van der Waals surface area contributed by atoms with Gasteiger partial charge in [-0.25, -0.2) is 22.0 Å². The highest BCUT2D eigenvalue weighted by atomic mass is 32.2. The molecule has 0 bridgehead atoms.